The highest BCUT2D eigenvalue weighted by molar-refractivity contribution is 7.99. The fraction of sp³-hybridized carbons (Fsp3) is 0.346. The summed E-state index contributed by atoms with van der Waals surface area (Å²) >= 11 is 1.41. The molecule has 0 bridgehead atoms. The molecule has 0 saturated heterocycles. The monoisotopic (exact) mass is 536 g/mol. The van der Waals surface area contributed by atoms with Gasteiger partial charge in [0.05, 0.1) is 13.7 Å². The Kier molecular flexibility index (Phi) is 8.64. The molecule has 0 aliphatic carbocycles. The summed E-state index contributed by atoms with van der Waals surface area (Å²) in [6.07, 6.45) is 2.81. The maximum atomic E-state index is 12.2. The van der Waals surface area contributed by atoms with E-state index in [1.807, 2.05) is 37.3 Å². The van der Waals surface area contributed by atoms with Crippen LogP contribution in [-0.2, 0) is 9.59 Å². The third-order valence-electron chi connectivity index (χ3n) is 5.84. The second-order valence-electron chi connectivity index (χ2n) is 9.11. The van der Waals surface area contributed by atoms with Gasteiger partial charge in [0, 0.05) is 56.5 Å². The van der Waals surface area contributed by atoms with Crippen LogP contribution in [0.3, 0.4) is 0 Å². The molecule has 200 valence electrons. The lowest BCUT2D eigenvalue weighted by Gasteiger charge is -2.27. The molecule has 0 atom stereocenters. The molecule has 0 saturated carbocycles. The van der Waals surface area contributed by atoms with Crippen molar-refractivity contribution in [1.82, 2.24) is 30.0 Å². The topological polar surface area (TPSA) is 128 Å². The lowest BCUT2D eigenvalue weighted by atomic mass is 10.0. The van der Waals surface area contributed by atoms with Crippen molar-refractivity contribution in [2.75, 3.05) is 51.5 Å². The minimum absolute atomic E-state index is 0.0745. The van der Waals surface area contributed by atoms with Crippen LogP contribution in [0, 0.1) is 6.92 Å². The standard InChI is InChI=1S/C26H32N8O3S/c1-16-14-21(32-31-16)28-25-24(37-5)23(18-10-12-34(13-11-18)15-22(36)33(3)4)29-26(30-25)38-20-8-6-19(7-9-20)27-17(2)35/h6-10,14H,11-13,15H2,1-5H3,(H,27,35)(H2,28,29,30,31,32). The Morgan fingerprint density at radius 3 is 2.55 bits per heavy atom. The van der Waals surface area contributed by atoms with Crippen LogP contribution in [0.2, 0.25) is 0 Å². The summed E-state index contributed by atoms with van der Waals surface area (Å²) in [6, 6.07) is 9.38. The number of aromatic nitrogens is 4. The first-order chi connectivity index (χ1) is 18.2. The van der Waals surface area contributed by atoms with Gasteiger partial charge in [-0.15, -0.1) is 0 Å². The van der Waals surface area contributed by atoms with E-state index in [0.29, 0.717) is 47.7 Å². The zero-order valence-electron chi connectivity index (χ0n) is 22.2. The van der Waals surface area contributed by atoms with Gasteiger partial charge in [-0.25, -0.2) is 9.97 Å². The minimum atomic E-state index is -0.122. The minimum Gasteiger partial charge on any atom is -0.491 e. The molecule has 0 unspecified atom stereocenters. The van der Waals surface area contributed by atoms with Crippen molar-refractivity contribution in [3.63, 3.8) is 0 Å². The van der Waals surface area contributed by atoms with Crippen LogP contribution in [-0.4, -0.2) is 82.6 Å². The number of amides is 2. The molecule has 0 radical (unpaired) electrons. The van der Waals surface area contributed by atoms with Crippen molar-refractivity contribution in [2.45, 2.75) is 30.3 Å². The molecule has 3 N–H and O–H groups in total. The Balaban J connectivity index is 1.65. The number of carbonyl (C=O) groups excluding carboxylic acids is 2. The van der Waals surface area contributed by atoms with Gasteiger partial charge in [-0.1, -0.05) is 6.08 Å². The molecule has 1 aromatic carbocycles. The summed E-state index contributed by atoms with van der Waals surface area (Å²) in [7, 11) is 5.13. The highest BCUT2D eigenvalue weighted by atomic mass is 32.2. The molecule has 38 heavy (non-hydrogen) atoms. The first-order valence-electron chi connectivity index (χ1n) is 12.1. The zero-order chi connectivity index (χ0) is 27.2. The van der Waals surface area contributed by atoms with E-state index in [1.54, 1.807) is 26.1 Å². The first kappa shape index (κ1) is 27.1. The van der Waals surface area contributed by atoms with E-state index in [2.05, 4.69) is 31.8 Å². The number of methoxy groups -OCH3 is 1. The van der Waals surface area contributed by atoms with Crippen molar-refractivity contribution in [1.29, 1.82) is 0 Å². The second-order valence-corrected chi connectivity index (χ2v) is 10.1. The number of aromatic amines is 1. The van der Waals surface area contributed by atoms with Gasteiger partial charge in [-0.05, 0) is 54.9 Å². The Morgan fingerprint density at radius 1 is 1.21 bits per heavy atom. The van der Waals surface area contributed by atoms with Crippen molar-refractivity contribution in [2.24, 2.45) is 0 Å². The van der Waals surface area contributed by atoms with Gasteiger partial charge >= 0.3 is 0 Å². The average Bonchev–Trinajstić information content (AvgIpc) is 3.29. The number of nitrogens with zero attached hydrogens (tertiary/aromatic N) is 5. The summed E-state index contributed by atoms with van der Waals surface area (Å²) in [6.45, 7) is 5.14. The Bertz CT molecular complexity index is 1340. The number of hydrogen-bond donors (Lipinski definition) is 3. The molecule has 3 aromatic rings. The van der Waals surface area contributed by atoms with Crippen LogP contribution in [0.15, 0.2) is 46.5 Å². The molecule has 12 heteroatoms. The van der Waals surface area contributed by atoms with Crippen LogP contribution in [0.5, 0.6) is 5.75 Å². The zero-order valence-corrected chi connectivity index (χ0v) is 23.0. The third-order valence-corrected chi connectivity index (χ3v) is 6.71. The molecule has 4 rings (SSSR count). The van der Waals surface area contributed by atoms with Crippen LogP contribution >= 0.6 is 11.8 Å². The predicted octanol–water partition coefficient (Wildman–Crippen LogP) is 3.55. The molecule has 1 aliphatic heterocycles. The number of anilines is 3. The summed E-state index contributed by atoms with van der Waals surface area (Å²) in [5.41, 5.74) is 3.37. The molecule has 1 aliphatic rings. The third kappa shape index (κ3) is 6.90. The Morgan fingerprint density at radius 2 is 1.97 bits per heavy atom. The van der Waals surface area contributed by atoms with Gasteiger partial charge in [-0.3, -0.25) is 19.6 Å². The van der Waals surface area contributed by atoms with E-state index in [0.717, 1.165) is 28.4 Å². The van der Waals surface area contributed by atoms with Crippen molar-refractivity contribution >= 4 is 46.5 Å². The molecule has 0 fully saturated rings. The SMILES string of the molecule is COc1c(Nc2cc(C)[nH]n2)nc(Sc2ccc(NC(C)=O)cc2)nc1C1=CCN(CC(=O)N(C)C)CC1. The summed E-state index contributed by atoms with van der Waals surface area (Å²) in [5.74, 6) is 1.60. The number of H-pyrrole nitrogens is 1. The summed E-state index contributed by atoms with van der Waals surface area (Å²) in [4.78, 5) is 37.8. The average molecular weight is 537 g/mol. The molecular weight excluding hydrogens is 504 g/mol. The molecule has 3 heterocycles. The van der Waals surface area contributed by atoms with Crippen molar-refractivity contribution in [3.05, 3.63) is 47.8 Å². The van der Waals surface area contributed by atoms with Gasteiger partial charge in [-0.2, -0.15) is 5.10 Å². The van der Waals surface area contributed by atoms with E-state index in [4.69, 9.17) is 14.7 Å². The number of likely N-dealkylation sites (N-methyl/N-ethyl adjacent to an activating group) is 1. The van der Waals surface area contributed by atoms with Gasteiger partial charge in [0.25, 0.3) is 0 Å². The van der Waals surface area contributed by atoms with E-state index >= 15 is 0 Å². The largest absolute Gasteiger partial charge is 0.491 e. The van der Waals surface area contributed by atoms with Crippen molar-refractivity contribution in [3.8, 4) is 5.75 Å². The normalized spacial score (nSPS) is 13.6. The number of nitrogens with one attached hydrogen (secondary N) is 3. The number of carbonyl (C=O) groups is 2. The highest BCUT2D eigenvalue weighted by Crippen LogP contribution is 2.38. The van der Waals surface area contributed by atoms with Gasteiger partial charge < -0.3 is 20.3 Å². The van der Waals surface area contributed by atoms with E-state index < -0.39 is 0 Å². The van der Waals surface area contributed by atoms with Gasteiger partial charge in [0.2, 0.25) is 11.8 Å². The number of ether oxygens (including phenoxy) is 1. The smallest absolute Gasteiger partial charge is 0.236 e. The highest BCUT2D eigenvalue weighted by Gasteiger charge is 2.23. The quantitative estimate of drug-likeness (QED) is 0.352. The van der Waals surface area contributed by atoms with Crippen molar-refractivity contribution < 1.29 is 14.3 Å². The Labute approximate surface area is 226 Å². The molecule has 2 amide bonds. The molecule has 2 aromatic heterocycles. The number of benzene rings is 1. The van der Waals surface area contributed by atoms with Gasteiger partial charge in [0.15, 0.2) is 22.5 Å². The summed E-state index contributed by atoms with van der Waals surface area (Å²) in [5, 5.41) is 13.8. The Hall–Kier alpha value is -3.90. The van der Waals surface area contributed by atoms with Crippen LogP contribution < -0.4 is 15.4 Å². The first-order valence-corrected chi connectivity index (χ1v) is 13.0. The summed E-state index contributed by atoms with van der Waals surface area (Å²) < 4.78 is 5.80. The van der Waals surface area contributed by atoms with E-state index in [-0.39, 0.29) is 11.8 Å². The maximum Gasteiger partial charge on any atom is 0.236 e. The number of hydrogen-bond acceptors (Lipinski definition) is 9. The lowest BCUT2D eigenvalue weighted by molar-refractivity contribution is -0.129. The van der Waals surface area contributed by atoms with Crippen LogP contribution in [0.25, 0.3) is 5.57 Å². The number of aryl methyl sites for hydroxylation is 1. The van der Waals surface area contributed by atoms with E-state index in [1.165, 1.54) is 18.7 Å². The molecular formula is C26H32N8O3S. The second kappa shape index (κ2) is 12.1. The van der Waals surface area contributed by atoms with Crippen LogP contribution in [0.4, 0.5) is 17.3 Å². The lowest BCUT2D eigenvalue weighted by Crippen LogP contribution is -2.38. The fourth-order valence-electron chi connectivity index (χ4n) is 3.89. The fourth-order valence-corrected chi connectivity index (χ4v) is 4.65. The maximum absolute atomic E-state index is 12.2. The van der Waals surface area contributed by atoms with Crippen LogP contribution in [0.1, 0.15) is 24.7 Å². The number of rotatable bonds is 9. The molecule has 0 spiro atoms. The molecule has 11 nitrogen and oxygen atoms in total. The van der Waals surface area contributed by atoms with E-state index in [9.17, 15) is 9.59 Å². The predicted molar refractivity (Wildman–Crippen MR) is 148 cm³/mol. The van der Waals surface area contributed by atoms with Gasteiger partial charge in [0.1, 0.15) is 5.69 Å².